The summed E-state index contributed by atoms with van der Waals surface area (Å²) < 4.78 is 17.9. The van der Waals surface area contributed by atoms with Crippen LogP contribution in [0.2, 0.25) is 0 Å². The van der Waals surface area contributed by atoms with Crippen molar-refractivity contribution in [2.24, 2.45) is 0 Å². The van der Waals surface area contributed by atoms with E-state index in [1.165, 1.54) is 167 Å². The number of nitrogens with one attached hydrogen (secondary N) is 2. The van der Waals surface area contributed by atoms with Crippen molar-refractivity contribution in [2.75, 3.05) is 26.4 Å². The van der Waals surface area contributed by atoms with Gasteiger partial charge in [0, 0.05) is 13.2 Å². The van der Waals surface area contributed by atoms with Crippen LogP contribution < -0.4 is 10.6 Å². The van der Waals surface area contributed by atoms with Gasteiger partial charge in [-0.1, -0.05) is 233 Å². The lowest BCUT2D eigenvalue weighted by Gasteiger charge is -2.21. The number of carboxylic acids is 1. The van der Waals surface area contributed by atoms with E-state index in [2.05, 4.69) is 38.3 Å². The van der Waals surface area contributed by atoms with Crippen molar-refractivity contribution in [3.63, 3.8) is 0 Å². The summed E-state index contributed by atoms with van der Waals surface area (Å²) >= 11 is 0. The van der Waals surface area contributed by atoms with Gasteiger partial charge in [0.2, 0.25) is 11.8 Å². The number of carbonyl (C=O) groups excluding carboxylic acids is 2. The maximum atomic E-state index is 13.2. The number of hydrogen-bond acceptors (Lipinski definition) is 7. The highest BCUT2D eigenvalue weighted by Crippen LogP contribution is 2.18. The third-order valence-corrected chi connectivity index (χ3v) is 12.4. The third-order valence-electron chi connectivity index (χ3n) is 12.4. The molecule has 0 bridgehead atoms. The van der Waals surface area contributed by atoms with Gasteiger partial charge in [0.05, 0.1) is 38.2 Å². The lowest BCUT2D eigenvalue weighted by atomic mass is 10.0. The first-order valence-corrected chi connectivity index (χ1v) is 27.1. The molecule has 0 spiro atoms. The first kappa shape index (κ1) is 61.2. The molecule has 63 heavy (non-hydrogen) atoms. The summed E-state index contributed by atoms with van der Waals surface area (Å²) in [6, 6.07) is -1.34. The normalized spacial score (nSPS) is 13.5. The van der Waals surface area contributed by atoms with Gasteiger partial charge in [0.15, 0.2) is 12.3 Å². The SMILES string of the molecule is CCCCCCCCCCC[C@H](CC(=O)NC[C@@H](O)OC[C@H](NC(=O)C[C@@H](CCCCCCCCCCC)OCCCCCCCCCC)C(=O)O)OCCCCCCCCCC. The maximum absolute atomic E-state index is 13.2. The molecule has 0 saturated heterocycles. The Hall–Kier alpha value is -1.75. The van der Waals surface area contributed by atoms with E-state index >= 15 is 0 Å². The molecular formula is C53H104N2O8. The van der Waals surface area contributed by atoms with Crippen LogP contribution in [0.1, 0.15) is 272 Å². The highest BCUT2D eigenvalue weighted by Gasteiger charge is 2.24. The largest absolute Gasteiger partial charge is 0.480 e. The highest BCUT2D eigenvalue weighted by molar-refractivity contribution is 5.83. The average molecular weight is 897 g/mol. The van der Waals surface area contributed by atoms with Crippen LogP contribution in [0, 0.1) is 0 Å². The molecule has 10 nitrogen and oxygen atoms in total. The molecule has 0 aliphatic carbocycles. The summed E-state index contributed by atoms with van der Waals surface area (Å²) in [4.78, 5) is 38.3. The second-order valence-electron chi connectivity index (χ2n) is 18.6. The lowest BCUT2D eigenvalue weighted by Crippen LogP contribution is -2.46. The maximum Gasteiger partial charge on any atom is 0.328 e. The van der Waals surface area contributed by atoms with Crippen LogP contribution in [0.25, 0.3) is 0 Å². The van der Waals surface area contributed by atoms with Crippen molar-refractivity contribution in [1.29, 1.82) is 0 Å². The van der Waals surface area contributed by atoms with Crippen molar-refractivity contribution in [3.05, 3.63) is 0 Å². The number of aliphatic carboxylic acids is 1. The summed E-state index contributed by atoms with van der Waals surface area (Å²) in [5.41, 5.74) is 0. The van der Waals surface area contributed by atoms with Crippen LogP contribution >= 0.6 is 0 Å². The average Bonchev–Trinajstić information content (AvgIpc) is 3.27. The number of unbranched alkanes of at least 4 members (excludes halogenated alkanes) is 30. The molecule has 0 aliphatic rings. The molecule has 0 unspecified atom stereocenters. The molecule has 0 aromatic rings. The summed E-state index contributed by atoms with van der Waals surface area (Å²) in [7, 11) is 0. The van der Waals surface area contributed by atoms with Gasteiger partial charge >= 0.3 is 5.97 Å². The Morgan fingerprint density at radius 1 is 0.429 bits per heavy atom. The summed E-state index contributed by atoms with van der Waals surface area (Å²) in [6.07, 6.45) is 41.5. The van der Waals surface area contributed by atoms with Gasteiger partial charge in [-0.15, -0.1) is 0 Å². The number of ether oxygens (including phenoxy) is 3. The second-order valence-corrected chi connectivity index (χ2v) is 18.6. The van der Waals surface area contributed by atoms with Gasteiger partial charge in [0.1, 0.15) is 0 Å². The zero-order valence-electron chi connectivity index (χ0n) is 41.9. The summed E-state index contributed by atoms with van der Waals surface area (Å²) in [5, 5.41) is 25.8. The summed E-state index contributed by atoms with van der Waals surface area (Å²) in [6.45, 7) is 9.58. The number of hydrogen-bond donors (Lipinski definition) is 4. The third kappa shape index (κ3) is 43.9. The highest BCUT2D eigenvalue weighted by atomic mass is 16.6. The molecule has 2 amide bonds. The monoisotopic (exact) mass is 897 g/mol. The predicted molar refractivity (Wildman–Crippen MR) is 262 cm³/mol. The Labute approximate surface area is 388 Å². The molecular weight excluding hydrogens is 793 g/mol. The molecule has 0 saturated carbocycles. The molecule has 0 aromatic carbocycles. The molecule has 0 radical (unpaired) electrons. The first-order valence-electron chi connectivity index (χ1n) is 27.1. The number of rotatable bonds is 51. The Morgan fingerprint density at radius 3 is 1.10 bits per heavy atom. The zero-order chi connectivity index (χ0) is 46.3. The van der Waals surface area contributed by atoms with Gasteiger partial charge in [0.25, 0.3) is 0 Å². The molecule has 4 atom stereocenters. The van der Waals surface area contributed by atoms with Crippen molar-refractivity contribution in [2.45, 2.75) is 296 Å². The number of carbonyl (C=O) groups is 3. The zero-order valence-corrected chi connectivity index (χ0v) is 41.9. The second kappa shape index (κ2) is 48.2. The van der Waals surface area contributed by atoms with E-state index in [1.807, 2.05) is 0 Å². The predicted octanol–water partition coefficient (Wildman–Crippen LogP) is 13.7. The van der Waals surface area contributed by atoms with E-state index < -0.39 is 30.8 Å². The number of amides is 2. The van der Waals surface area contributed by atoms with Crippen molar-refractivity contribution in [1.82, 2.24) is 10.6 Å². The van der Waals surface area contributed by atoms with Crippen LogP contribution in [-0.4, -0.2) is 78.9 Å². The molecule has 4 N–H and O–H groups in total. The molecule has 0 aromatic heterocycles. The van der Waals surface area contributed by atoms with Gasteiger partial charge in [-0.3, -0.25) is 9.59 Å². The van der Waals surface area contributed by atoms with E-state index in [0.717, 1.165) is 64.2 Å². The Balaban J connectivity index is 4.90. The van der Waals surface area contributed by atoms with Crippen LogP contribution in [0.3, 0.4) is 0 Å². The van der Waals surface area contributed by atoms with Gasteiger partial charge in [-0.25, -0.2) is 4.79 Å². The van der Waals surface area contributed by atoms with Crippen molar-refractivity contribution < 1.29 is 38.8 Å². The number of aliphatic hydroxyl groups is 1. The minimum absolute atomic E-state index is 0.0811. The van der Waals surface area contributed by atoms with Crippen LogP contribution in [0.5, 0.6) is 0 Å². The molecule has 0 aliphatic heterocycles. The quantitative estimate of drug-likeness (QED) is 0.0349. The first-order chi connectivity index (χ1) is 30.8. The fraction of sp³-hybridized carbons (Fsp3) is 0.943. The minimum atomic E-state index is -1.42. The van der Waals surface area contributed by atoms with E-state index in [4.69, 9.17) is 14.2 Å². The van der Waals surface area contributed by atoms with E-state index in [-0.39, 0.29) is 37.5 Å². The summed E-state index contributed by atoms with van der Waals surface area (Å²) in [5.74, 6) is -1.89. The van der Waals surface area contributed by atoms with Crippen LogP contribution in [0.15, 0.2) is 0 Å². The lowest BCUT2D eigenvalue weighted by molar-refractivity contribution is -0.150. The number of aliphatic hydroxyl groups excluding tert-OH is 1. The Bertz CT molecular complexity index is 956. The Kier molecular flexibility index (Phi) is 46.9. The molecule has 0 rings (SSSR count). The standard InChI is InChI=1S/C53H104N2O8/c1-5-9-13-17-21-25-27-31-35-39-47(61-41-37-33-29-23-19-15-11-7-3)43-50(56)54-45-52(58)63-46-49(53(59)60)55-51(57)44-48(40-36-32-28-26-22-18-14-10-6-2)62-42-38-34-30-24-20-16-12-8-4/h47-49,52,58H,5-46H2,1-4H3,(H,54,56)(H,55,57)(H,59,60)/t47-,48-,49+,52+/m1/s1. The van der Waals surface area contributed by atoms with E-state index in [9.17, 15) is 24.6 Å². The van der Waals surface area contributed by atoms with Gasteiger partial charge < -0.3 is 35.1 Å². The molecule has 374 valence electrons. The van der Waals surface area contributed by atoms with Crippen molar-refractivity contribution >= 4 is 17.8 Å². The minimum Gasteiger partial charge on any atom is -0.480 e. The fourth-order valence-corrected chi connectivity index (χ4v) is 8.21. The van der Waals surface area contributed by atoms with E-state index in [1.54, 1.807) is 0 Å². The van der Waals surface area contributed by atoms with Crippen molar-refractivity contribution in [3.8, 4) is 0 Å². The van der Waals surface area contributed by atoms with Gasteiger partial charge in [-0.2, -0.15) is 0 Å². The topological polar surface area (TPSA) is 143 Å². The molecule has 10 heteroatoms. The van der Waals surface area contributed by atoms with Crippen LogP contribution in [0.4, 0.5) is 0 Å². The molecule has 0 heterocycles. The van der Waals surface area contributed by atoms with Gasteiger partial charge in [-0.05, 0) is 25.7 Å². The Morgan fingerprint density at radius 2 is 0.746 bits per heavy atom. The van der Waals surface area contributed by atoms with Crippen LogP contribution in [-0.2, 0) is 28.6 Å². The number of carboxylic acid groups (broad SMARTS) is 1. The fourth-order valence-electron chi connectivity index (χ4n) is 8.21. The smallest absolute Gasteiger partial charge is 0.328 e. The molecule has 0 fully saturated rings. The van der Waals surface area contributed by atoms with E-state index in [0.29, 0.717) is 13.2 Å².